The van der Waals surface area contributed by atoms with E-state index in [4.69, 9.17) is 0 Å². The topological polar surface area (TPSA) is 0 Å². The van der Waals surface area contributed by atoms with Gasteiger partial charge < -0.3 is 4.11 Å². The van der Waals surface area contributed by atoms with Crippen molar-refractivity contribution in [1.29, 1.82) is 0 Å². The lowest BCUT2D eigenvalue weighted by Crippen LogP contribution is -2.26. The van der Waals surface area contributed by atoms with Crippen molar-refractivity contribution in [2.45, 2.75) is 25.3 Å². The molecule has 0 fully saturated rings. The van der Waals surface area contributed by atoms with E-state index in [1.165, 1.54) is 0 Å². The molecule has 0 aromatic heterocycles. The first kappa shape index (κ1) is 8.94. The minimum Gasteiger partial charge on any atom is -0.314 e. The molecule has 0 bridgehead atoms. The van der Waals surface area contributed by atoms with Crippen molar-refractivity contribution in [3.05, 3.63) is 0 Å². The summed E-state index contributed by atoms with van der Waals surface area (Å²) < 4.78 is 46.3. The third kappa shape index (κ3) is 7.94. The van der Waals surface area contributed by atoms with E-state index >= 15 is 0 Å². The first-order valence-corrected chi connectivity index (χ1v) is 5.55. The zero-order chi connectivity index (χ0) is 7.71. The van der Waals surface area contributed by atoms with Crippen molar-refractivity contribution in [1.82, 2.24) is 0 Å². The van der Waals surface area contributed by atoms with Gasteiger partial charge in [-0.15, -0.1) is 0 Å². The Morgan fingerprint density at radius 1 is 1.22 bits per heavy atom. The van der Waals surface area contributed by atoms with E-state index in [1.807, 2.05) is 0 Å². The Labute approximate surface area is 52.1 Å². The molecule has 0 spiro atoms. The van der Waals surface area contributed by atoms with Crippen LogP contribution in [0.15, 0.2) is 0 Å². The van der Waals surface area contributed by atoms with Gasteiger partial charge in [-0.3, -0.25) is 0 Å². The number of rotatable bonds is 1. The average Bonchev–Trinajstić information content (AvgIpc) is 1.14. The first-order valence-electron chi connectivity index (χ1n) is 2.46. The van der Waals surface area contributed by atoms with Crippen molar-refractivity contribution < 1.29 is 17.3 Å². The summed E-state index contributed by atoms with van der Waals surface area (Å²) in [5.74, 6) is 0. The lowest BCUT2D eigenvalue weighted by Gasteiger charge is -2.12. The Hall–Kier alpha value is -0.0631. The van der Waals surface area contributed by atoms with Gasteiger partial charge in [-0.1, -0.05) is 0 Å². The Morgan fingerprint density at radius 2 is 1.56 bits per heavy atom. The molecule has 0 saturated heterocycles. The van der Waals surface area contributed by atoms with Gasteiger partial charge in [-0.2, -0.15) is 13.2 Å². The van der Waals surface area contributed by atoms with Gasteiger partial charge in [0.15, 0.2) is 0 Å². The molecule has 0 aliphatic carbocycles. The predicted molar refractivity (Wildman–Crippen MR) is 29.5 cm³/mol. The molecule has 9 heavy (non-hydrogen) atoms. The smallest absolute Gasteiger partial charge is 0.314 e. The highest BCUT2D eigenvalue weighted by atomic mass is 28.4. The standard InChI is InChI=1S/C4H8F4Si/c1-9(2,8)3-4(5,6)7/h3H2,1-2H3. The van der Waals surface area contributed by atoms with E-state index in [-0.39, 0.29) is 0 Å². The highest BCUT2D eigenvalue weighted by Crippen LogP contribution is 2.27. The van der Waals surface area contributed by atoms with Crippen LogP contribution in [-0.4, -0.2) is 14.6 Å². The fourth-order valence-electron chi connectivity index (χ4n) is 0.477. The zero-order valence-electron chi connectivity index (χ0n) is 5.22. The van der Waals surface area contributed by atoms with Crippen LogP contribution < -0.4 is 0 Å². The number of hydrogen-bond donors (Lipinski definition) is 0. The van der Waals surface area contributed by atoms with Crippen LogP contribution >= 0.6 is 0 Å². The Morgan fingerprint density at radius 3 is 1.56 bits per heavy atom. The van der Waals surface area contributed by atoms with E-state index in [0.29, 0.717) is 0 Å². The highest BCUT2D eigenvalue weighted by Gasteiger charge is 2.38. The maximum Gasteiger partial charge on any atom is 0.389 e. The second-order valence-corrected chi connectivity index (χ2v) is 6.30. The van der Waals surface area contributed by atoms with Crippen LogP contribution in [0.3, 0.4) is 0 Å². The molecule has 0 N–H and O–H groups in total. The molecule has 0 radical (unpaired) electrons. The molecule has 0 aliphatic heterocycles. The normalized spacial score (nSPS) is 14.0. The highest BCUT2D eigenvalue weighted by molar-refractivity contribution is 6.70. The number of halogens is 4. The van der Waals surface area contributed by atoms with Gasteiger partial charge in [-0.05, 0) is 13.1 Å². The molecule has 0 aliphatic rings. The number of alkyl halides is 3. The minimum absolute atomic E-state index is 1.04. The van der Waals surface area contributed by atoms with E-state index < -0.39 is 20.6 Å². The molecule has 0 aromatic carbocycles. The first-order chi connectivity index (χ1) is 3.71. The SMILES string of the molecule is C[Si](C)(F)CC(F)(F)F. The molecule has 0 unspecified atom stereocenters. The molecular weight excluding hydrogens is 152 g/mol. The molecule has 0 nitrogen and oxygen atoms in total. The monoisotopic (exact) mass is 160 g/mol. The maximum atomic E-state index is 12.3. The summed E-state index contributed by atoms with van der Waals surface area (Å²) in [6.07, 6.45) is -4.33. The largest absolute Gasteiger partial charge is 0.389 e. The van der Waals surface area contributed by atoms with Crippen molar-refractivity contribution in [2.24, 2.45) is 0 Å². The maximum absolute atomic E-state index is 12.3. The van der Waals surface area contributed by atoms with Crippen LogP contribution in [0.25, 0.3) is 0 Å². The van der Waals surface area contributed by atoms with Gasteiger partial charge in [0.2, 0.25) is 8.41 Å². The molecular formula is C4H8F4Si. The molecule has 0 aromatic rings. The molecule has 5 heteroatoms. The Kier molecular flexibility index (Phi) is 2.27. The van der Waals surface area contributed by atoms with Crippen LogP contribution in [0.4, 0.5) is 17.3 Å². The van der Waals surface area contributed by atoms with E-state index in [9.17, 15) is 17.3 Å². The quantitative estimate of drug-likeness (QED) is 0.314. The lowest BCUT2D eigenvalue weighted by molar-refractivity contribution is -0.111. The summed E-state index contributed by atoms with van der Waals surface area (Å²) in [5.41, 5.74) is 0. The van der Waals surface area contributed by atoms with Gasteiger partial charge in [0.1, 0.15) is 0 Å². The average molecular weight is 160 g/mol. The van der Waals surface area contributed by atoms with Crippen LogP contribution in [0.5, 0.6) is 0 Å². The summed E-state index contributed by atoms with van der Waals surface area (Å²) in [5, 5.41) is 0. The summed E-state index contributed by atoms with van der Waals surface area (Å²) in [4.78, 5) is 0. The van der Waals surface area contributed by atoms with Gasteiger partial charge in [-0.25, -0.2) is 0 Å². The predicted octanol–water partition coefficient (Wildman–Crippen LogP) is 2.72. The fraction of sp³-hybridized carbons (Fsp3) is 1.00. The summed E-state index contributed by atoms with van der Waals surface area (Å²) >= 11 is 0. The van der Waals surface area contributed by atoms with Gasteiger partial charge in [0.05, 0.1) is 6.04 Å². The van der Waals surface area contributed by atoms with Crippen LogP contribution in [0.2, 0.25) is 19.1 Å². The molecule has 0 atom stereocenters. The van der Waals surface area contributed by atoms with E-state index in [2.05, 4.69) is 0 Å². The minimum atomic E-state index is -4.33. The van der Waals surface area contributed by atoms with Crippen molar-refractivity contribution >= 4 is 8.41 Å². The molecule has 56 valence electrons. The van der Waals surface area contributed by atoms with Crippen LogP contribution in [0.1, 0.15) is 0 Å². The lowest BCUT2D eigenvalue weighted by atomic mass is 10.8. The Bertz CT molecular complexity index is 77.7. The van der Waals surface area contributed by atoms with Crippen LogP contribution in [-0.2, 0) is 0 Å². The summed E-state index contributed by atoms with van der Waals surface area (Å²) in [7, 11) is -3.42. The molecule has 0 saturated carbocycles. The van der Waals surface area contributed by atoms with Crippen LogP contribution in [0, 0.1) is 0 Å². The van der Waals surface area contributed by atoms with Gasteiger partial charge in [0, 0.05) is 0 Å². The van der Waals surface area contributed by atoms with E-state index in [0.717, 1.165) is 13.1 Å². The molecule has 0 rings (SSSR count). The zero-order valence-corrected chi connectivity index (χ0v) is 6.22. The van der Waals surface area contributed by atoms with Crippen molar-refractivity contribution in [3.8, 4) is 0 Å². The second-order valence-electron chi connectivity index (χ2n) is 2.51. The third-order valence-electron chi connectivity index (χ3n) is 0.621. The summed E-state index contributed by atoms with van der Waals surface area (Å²) in [6, 6.07) is -1.24. The fourth-order valence-corrected chi connectivity index (χ4v) is 1.43. The second kappa shape index (κ2) is 2.28. The van der Waals surface area contributed by atoms with Gasteiger partial charge in [0.25, 0.3) is 0 Å². The van der Waals surface area contributed by atoms with E-state index in [1.54, 1.807) is 0 Å². The third-order valence-corrected chi connectivity index (χ3v) is 1.86. The number of hydrogen-bond acceptors (Lipinski definition) is 0. The van der Waals surface area contributed by atoms with Gasteiger partial charge >= 0.3 is 6.18 Å². The Balaban J connectivity index is 3.75. The van der Waals surface area contributed by atoms with Crippen molar-refractivity contribution in [3.63, 3.8) is 0 Å². The molecule has 0 heterocycles. The van der Waals surface area contributed by atoms with Crippen molar-refractivity contribution in [2.75, 3.05) is 0 Å². The molecule has 0 amide bonds. The summed E-state index contributed by atoms with van der Waals surface area (Å²) in [6.45, 7) is 2.08.